The molecule has 1 aliphatic rings. The summed E-state index contributed by atoms with van der Waals surface area (Å²) in [4.78, 5) is 0. The second kappa shape index (κ2) is 7.38. The highest BCUT2D eigenvalue weighted by atomic mass is 16.5. The van der Waals surface area contributed by atoms with Crippen molar-refractivity contribution >= 4 is 0 Å². The maximum Gasteiger partial charge on any atom is 0.0469 e. The Morgan fingerprint density at radius 3 is 2.61 bits per heavy atom. The minimum absolute atomic E-state index is 0.746. The van der Waals surface area contributed by atoms with Gasteiger partial charge in [0.05, 0.1) is 0 Å². The fourth-order valence-electron chi connectivity index (χ4n) is 2.57. The molecule has 1 aliphatic heterocycles. The standard InChI is InChI=1S/C17H23O/c1-2-16(17-11-13-18-14-12-17)10-6-9-15-7-4-3-5-8-15/h3-8,10,17H,2,9,11-14H2,1H3/b10-6-. The fourth-order valence-corrected chi connectivity index (χ4v) is 2.57. The van der Waals surface area contributed by atoms with Crippen LogP contribution in [0.3, 0.4) is 0 Å². The van der Waals surface area contributed by atoms with Crippen LogP contribution in [-0.4, -0.2) is 13.2 Å². The van der Waals surface area contributed by atoms with E-state index in [1.165, 1.54) is 18.4 Å². The van der Waals surface area contributed by atoms with E-state index in [0.29, 0.717) is 0 Å². The number of benzene rings is 1. The molecule has 0 unspecified atom stereocenters. The van der Waals surface area contributed by atoms with Gasteiger partial charge in [-0.1, -0.05) is 49.4 Å². The highest BCUT2D eigenvalue weighted by Gasteiger charge is 2.20. The third kappa shape index (κ3) is 3.99. The first kappa shape index (κ1) is 13.4. The van der Waals surface area contributed by atoms with Crippen LogP contribution in [0.25, 0.3) is 0 Å². The van der Waals surface area contributed by atoms with Crippen molar-refractivity contribution in [1.82, 2.24) is 0 Å². The van der Waals surface area contributed by atoms with Gasteiger partial charge in [0, 0.05) is 19.1 Å². The Morgan fingerprint density at radius 2 is 1.94 bits per heavy atom. The Kier molecular flexibility index (Phi) is 5.47. The summed E-state index contributed by atoms with van der Waals surface area (Å²) >= 11 is 0. The highest BCUT2D eigenvalue weighted by Crippen LogP contribution is 2.29. The van der Waals surface area contributed by atoms with Crippen molar-refractivity contribution in [3.63, 3.8) is 0 Å². The predicted octanol–water partition coefficient (Wildman–Crippen LogP) is 4.20. The lowest BCUT2D eigenvalue weighted by Gasteiger charge is -2.27. The zero-order valence-electron chi connectivity index (χ0n) is 11.3. The van der Waals surface area contributed by atoms with E-state index in [2.05, 4.69) is 49.4 Å². The molecule has 0 bridgehead atoms. The summed E-state index contributed by atoms with van der Waals surface area (Å²) in [7, 11) is 0. The third-order valence-electron chi connectivity index (χ3n) is 3.68. The van der Waals surface area contributed by atoms with Crippen molar-refractivity contribution in [1.29, 1.82) is 0 Å². The van der Waals surface area contributed by atoms with Gasteiger partial charge in [-0.2, -0.15) is 0 Å². The van der Waals surface area contributed by atoms with Crippen LogP contribution in [0.1, 0.15) is 31.7 Å². The van der Waals surface area contributed by atoms with E-state index in [1.807, 2.05) is 0 Å². The Labute approximate surface area is 111 Å². The normalized spacial score (nSPS) is 17.7. The third-order valence-corrected chi connectivity index (χ3v) is 3.68. The maximum absolute atomic E-state index is 5.43. The molecule has 0 amide bonds. The van der Waals surface area contributed by atoms with E-state index < -0.39 is 0 Å². The van der Waals surface area contributed by atoms with Gasteiger partial charge in [0.15, 0.2) is 0 Å². The van der Waals surface area contributed by atoms with E-state index in [-0.39, 0.29) is 0 Å². The Bertz CT molecular complexity index is 349. The number of rotatable bonds is 5. The molecule has 18 heavy (non-hydrogen) atoms. The first-order chi connectivity index (χ1) is 8.90. The van der Waals surface area contributed by atoms with Crippen molar-refractivity contribution < 1.29 is 4.74 Å². The average molecular weight is 243 g/mol. The first-order valence-electron chi connectivity index (χ1n) is 7.04. The van der Waals surface area contributed by atoms with Crippen LogP contribution in [0.2, 0.25) is 0 Å². The summed E-state index contributed by atoms with van der Waals surface area (Å²) in [5.41, 5.74) is 1.39. The van der Waals surface area contributed by atoms with Crippen molar-refractivity contribution in [3.05, 3.63) is 54.0 Å². The summed E-state index contributed by atoms with van der Waals surface area (Å²) in [5.74, 6) is 2.34. The lowest BCUT2D eigenvalue weighted by atomic mass is 9.84. The van der Waals surface area contributed by atoms with E-state index in [1.54, 1.807) is 5.92 Å². The van der Waals surface area contributed by atoms with Gasteiger partial charge in [0.1, 0.15) is 0 Å². The van der Waals surface area contributed by atoms with Gasteiger partial charge in [-0.25, -0.2) is 0 Å². The maximum atomic E-state index is 5.43. The molecule has 1 heteroatoms. The number of hydrogen-bond donors (Lipinski definition) is 0. The van der Waals surface area contributed by atoms with Crippen LogP contribution >= 0.6 is 0 Å². The fraction of sp³-hybridized carbons (Fsp3) is 0.471. The summed E-state index contributed by atoms with van der Waals surface area (Å²) in [5, 5.41) is 0. The van der Waals surface area contributed by atoms with Crippen molar-refractivity contribution in [3.8, 4) is 0 Å². The molecular formula is C17H23O. The molecule has 1 radical (unpaired) electrons. The molecule has 1 aromatic rings. The minimum atomic E-state index is 0.746. The van der Waals surface area contributed by atoms with E-state index in [4.69, 9.17) is 4.74 Å². The SMILES string of the molecule is CC[C](/C=C\Cc1ccccc1)C1CCOCC1. The van der Waals surface area contributed by atoms with Crippen LogP contribution in [0.5, 0.6) is 0 Å². The Morgan fingerprint density at radius 1 is 1.22 bits per heavy atom. The first-order valence-corrected chi connectivity index (χ1v) is 7.04. The van der Waals surface area contributed by atoms with Crippen LogP contribution in [0.15, 0.2) is 42.5 Å². The Hall–Kier alpha value is -1.08. The van der Waals surface area contributed by atoms with E-state index in [9.17, 15) is 0 Å². The van der Waals surface area contributed by atoms with Gasteiger partial charge in [0.2, 0.25) is 0 Å². The second-order valence-corrected chi connectivity index (χ2v) is 4.91. The smallest absolute Gasteiger partial charge is 0.0469 e. The molecular weight excluding hydrogens is 220 g/mol. The van der Waals surface area contributed by atoms with Crippen molar-refractivity contribution in [2.24, 2.45) is 5.92 Å². The van der Waals surface area contributed by atoms with Gasteiger partial charge in [-0.05, 0) is 37.2 Å². The van der Waals surface area contributed by atoms with E-state index in [0.717, 1.165) is 32.0 Å². The van der Waals surface area contributed by atoms with Crippen LogP contribution in [-0.2, 0) is 11.2 Å². The van der Waals surface area contributed by atoms with Crippen molar-refractivity contribution in [2.45, 2.75) is 32.6 Å². The molecule has 0 aliphatic carbocycles. The number of hydrogen-bond acceptors (Lipinski definition) is 1. The highest BCUT2D eigenvalue weighted by molar-refractivity contribution is 5.20. The predicted molar refractivity (Wildman–Crippen MR) is 76.4 cm³/mol. The summed E-state index contributed by atoms with van der Waals surface area (Å²) in [6.07, 6.45) is 9.24. The van der Waals surface area contributed by atoms with Crippen LogP contribution in [0.4, 0.5) is 0 Å². The molecule has 1 heterocycles. The number of allylic oxidation sites excluding steroid dienone is 2. The molecule has 1 saturated heterocycles. The molecule has 97 valence electrons. The quantitative estimate of drug-likeness (QED) is 0.753. The monoisotopic (exact) mass is 243 g/mol. The van der Waals surface area contributed by atoms with Crippen molar-refractivity contribution in [2.75, 3.05) is 13.2 Å². The molecule has 0 atom stereocenters. The van der Waals surface area contributed by atoms with Gasteiger partial charge in [-0.3, -0.25) is 0 Å². The summed E-state index contributed by atoms with van der Waals surface area (Å²) < 4.78 is 5.43. The van der Waals surface area contributed by atoms with Gasteiger partial charge >= 0.3 is 0 Å². The largest absolute Gasteiger partial charge is 0.381 e. The number of ether oxygens (including phenoxy) is 1. The summed E-state index contributed by atoms with van der Waals surface area (Å²) in [6, 6.07) is 10.6. The van der Waals surface area contributed by atoms with Crippen LogP contribution in [0, 0.1) is 11.8 Å². The molecule has 0 spiro atoms. The Balaban J connectivity index is 1.85. The molecule has 1 nitrogen and oxygen atoms in total. The molecule has 1 fully saturated rings. The lowest BCUT2D eigenvalue weighted by molar-refractivity contribution is 0.0708. The topological polar surface area (TPSA) is 9.23 Å². The van der Waals surface area contributed by atoms with Crippen LogP contribution < -0.4 is 0 Å². The summed E-state index contributed by atoms with van der Waals surface area (Å²) in [6.45, 7) is 4.12. The minimum Gasteiger partial charge on any atom is -0.381 e. The molecule has 0 saturated carbocycles. The van der Waals surface area contributed by atoms with Gasteiger partial charge < -0.3 is 4.74 Å². The van der Waals surface area contributed by atoms with Gasteiger partial charge in [0.25, 0.3) is 0 Å². The average Bonchev–Trinajstić information content (AvgIpc) is 2.46. The molecule has 2 rings (SSSR count). The molecule has 0 aromatic heterocycles. The second-order valence-electron chi connectivity index (χ2n) is 4.91. The zero-order valence-corrected chi connectivity index (χ0v) is 11.3. The molecule has 1 aromatic carbocycles. The van der Waals surface area contributed by atoms with E-state index >= 15 is 0 Å². The zero-order chi connectivity index (χ0) is 12.6. The molecule has 0 N–H and O–H groups in total. The van der Waals surface area contributed by atoms with Gasteiger partial charge in [-0.15, -0.1) is 0 Å². The lowest BCUT2D eigenvalue weighted by Crippen LogP contribution is -2.20.